The molecule has 3 rings (SSSR count). The standard InChI is InChI=1S/C9H12N.2C5H5N.Pd/c1-10(2)8-9-6-4-3-5-7-9;2*1-2-4-6-5-3-1;/h3-6H,8H2,1-2H3;2*1-5H;/q-1;;;+2. The van der Waals surface area contributed by atoms with E-state index >= 15 is 0 Å². The number of benzene rings is 1. The minimum absolute atomic E-state index is 0. The third-order valence-electron chi connectivity index (χ3n) is 2.39. The van der Waals surface area contributed by atoms with Gasteiger partial charge in [-0.15, -0.1) is 5.56 Å². The van der Waals surface area contributed by atoms with Crippen molar-refractivity contribution in [2.24, 2.45) is 0 Å². The van der Waals surface area contributed by atoms with Crippen molar-refractivity contribution < 1.29 is 20.4 Å². The molecule has 0 N–H and O–H groups in total. The van der Waals surface area contributed by atoms with Crippen molar-refractivity contribution in [2.75, 3.05) is 14.1 Å². The van der Waals surface area contributed by atoms with Crippen LogP contribution in [-0.4, -0.2) is 29.0 Å². The van der Waals surface area contributed by atoms with Crippen LogP contribution >= 0.6 is 0 Å². The van der Waals surface area contributed by atoms with Crippen molar-refractivity contribution >= 4 is 0 Å². The molecule has 0 saturated carbocycles. The van der Waals surface area contributed by atoms with Gasteiger partial charge in [0.25, 0.3) is 0 Å². The van der Waals surface area contributed by atoms with Gasteiger partial charge in [0.1, 0.15) is 0 Å². The van der Waals surface area contributed by atoms with Gasteiger partial charge in [-0.1, -0.05) is 12.1 Å². The van der Waals surface area contributed by atoms with Crippen LogP contribution in [0.15, 0.2) is 85.5 Å². The number of hydrogen-bond donors (Lipinski definition) is 0. The molecule has 3 nitrogen and oxygen atoms in total. The van der Waals surface area contributed by atoms with Crippen LogP contribution in [0.4, 0.5) is 0 Å². The van der Waals surface area contributed by atoms with E-state index < -0.39 is 0 Å². The van der Waals surface area contributed by atoms with Crippen molar-refractivity contribution in [3.8, 4) is 0 Å². The molecule has 2 aromatic heterocycles. The molecule has 0 amide bonds. The van der Waals surface area contributed by atoms with Crippen LogP contribution in [0.1, 0.15) is 5.56 Å². The van der Waals surface area contributed by atoms with E-state index in [2.05, 4.69) is 41.1 Å². The summed E-state index contributed by atoms with van der Waals surface area (Å²) in [4.78, 5) is 9.70. The van der Waals surface area contributed by atoms with Gasteiger partial charge in [-0.3, -0.25) is 9.97 Å². The minimum atomic E-state index is 0. The Balaban J connectivity index is 0.000000325. The first-order valence-electron chi connectivity index (χ1n) is 7.09. The van der Waals surface area contributed by atoms with Gasteiger partial charge < -0.3 is 4.90 Å². The topological polar surface area (TPSA) is 29.0 Å². The minimum Gasteiger partial charge on any atom is -0.307 e. The quantitative estimate of drug-likeness (QED) is 0.487. The van der Waals surface area contributed by atoms with Gasteiger partial charge >= 0.3 is 20.4 Å². The van der Waals surface area contributed by atoms with E-state index in [-0.39, 0.29) is 20.4 Å². The molecule has 0 unspecified atom stereocenters. The summed E-state index contributed by atoms with van der Waals surface area (Å²) in [5, 5.41) is 0. The van der Waals surface area contributed by atoms with Crippen molar-refractivity contribution in [1.82, 2.24) is 14.9 Å². The fourth-order valence-corrected chi connectivity index (χ4v) is 1.49. The molecule has 3 aromatic rings. The average molecular weight is 399 g/mol. The summed E-state index contributed by atoms with van der Waals surface area (Å²) in [7, 11) is 4.11. The van der Waals surface area contributed by atoms with Crippen LogP contribution in [0.25, 0.3) is 0 Å². The van der Waals surface area contributed by atoms with Gasteiger partial charge in [0.15, 0.2) is 0 Å². The zero-order valence-electron chi connectivity index (χ0n) is 13.4. The van der Waals surface area contributed by atoms with E-state index in [4.69, 9.17) is 0 Å². The second-order valence-electron chi connectivity index (χ2n) is 4.67. The Kier molecular flexibility index (Phi) is 13.8. The van der Waals surface area contributed by atoms with Crippen molar-refractivity contribution in [2.45, 2.75) is 6.54 Å². The van der Waals surface area contributed by atoms with E-state index in [0.717, 1.165) is 6.54 Å². The molecule has 0 radical (unpaired) electrons. The molecule has 0 aliphatic carbocycles. The molecule has 122 valence electrons. The maximum absolute atomic E-state index is 3.78. The Labute approximate surface area is 153 Å². The van der Waals surface area contributed by atoms with Gasteiger partial charge in [0.05, 0.1) is 0 Å². The van der Waals surface area contributed by atoms with E-state index in [1.54, 1.807) is 24.8 Å². The summed E-state index contributed by atoms with van der Waals surface area (Å²) in [6.45, 7) is 0.973. The summed E-state index contributed by atoms with van der Waals surface area (Å²) in [5.41, 5.74) is 1.24. The Morgan fingerprint density at radius 1 is 0.783 bits per heavy atom. The smallest absolute Gasteiger partial charge is 0.307 e. The molecule has 4 heteroatoms. The molecule has 0 aliphatic rings. The van der Waals surface area contributed by atoms with Gasteiger partial charge in [0, 0.05) is 31.3 Å². The summed E-state index contributed by atoms with van der Waals surface area (Å²) < 4.78 is 0. The fraction of sp³-hybridized carbons (Fsp3) is 0.158. The van der Waals surface area contributed by atoms with Gasteiger partial charge in [-0.25, -0.2) is 0 Å². The number of nitrogens with zero attached hydrogens (tertiary/aromatic N) is 3. The second-order valence-corrected chi connectivity index (χ2v) is 4.67. The van der Waals surface area contributed by atoms with Crippen molar-refractivity contribution in [3.63, 3.8) is 0 Å². The number of pyridine rings is 2. The number of aromatic nitrogens is 2. The maximum Gasteiger partial charge on any atom is 2.00 e. The first-order chi connectivity index (χ1) is 10.8. The summed E-state index contributed by atoms with van der Waals surface area (Å²) in [6.07, 6.45) is 7.00. The Morgan fingerprint density at radius 3 is 1.57 bits per heavy atom. The average Bonchev–Trinajstić information content (AvgIpc) is 2.59. The Morgan fingerprint density at radius 2 is 1.30 bits per heavy atom. The van der Waals surface area contributed by atoms with Gasteiger partial charge in [-0.2, -0.15) is 30.3 Å². The number of rotatable bonds is 2. The van der Waals surface area contributed by atoms with E-state index in [9.17, 15) is 0 Å². The first kappa shape index (κ1) is 21.1. The predicted molar refractivity (Wildman–Crippen MR) is 91.1 cm³/mol. The third kappa shape index (κ3) is 13.5. The van der Waals surface area contributed by atoms with Crippen LogP contribution < -0.4 is 0 Å². The molecule has 0 saturated heterocycles. The second kappa shape index (κ2) is 15.1. The zero-order chi connectivity index (χ0) is 15.9. The molecule has 0 aliphatic heterocycles. The van der Waals surface area contributed by atoms with Crippen LogP contribution in [0.2, 0.25) is 0 Å². The van der Waals surface area contributed by atoms with Crippen LogP contribution in [0.5, 0.6) is 0 Å². The summed E-state index contributed by atoms with van der Waals surface area (Å²) in [6, 6.07) is 22.6. The van der Waals surface area contributed by atoms with Gasteiger partial charge in [-0.05, 0) is 38.4 Å². The first-order valence-corrected chi connectivity index (χ1v) is 7.09. The van der Waals surface area contributed by atoms with Crippen LogP contribution in [0, 0.1) is 6.07 Å². The molecule has 0 fully saturated rings. The SMILES string of the molecule is CN(C)Cc1[c-]cccc1.[Pd+2].c1ccncc1.c1ccncc1. The summed E-state index contributed by atoms with van der Waals surface area (Å²) in [5.74, 6) is 0. The zero-order valence-corrected chi connectivity index (χ0v) is 15.0. The van der Waals surface area contributed by atoms with E-state index in [1.165, 1.54) is 5.56 Å². The fourth-order valence-electron chi connectivity index (χ4n) is 1.49. The summed E-state index contributed by atoms with van der Waals surface area (Å²) >= 11 is 0. The van der Waals surface area contributed by atoms with Crippen LogP contribution in [0.3, 0.4) is 0 Å². The Bertz CT molecular complexity index is 475. The third-order valence-corrected chi connectivity index (χ3v) is 2.39. The molecule has 2 heterocycles. The van der Waals surface area contributed by atoms with Crippen molar-refractivity contribution in [1.29, 1.82) is 0 Å². The molecule has 23 heavy (non-hydrogen) atoms. The maximum atomic E-state index is 3.78. The molecular formula is C19H22N3Pd+. The monoisotopic (exact) mass is 398 g/mol. The largest absolute Gasteiger partial charge is 2.00 e. The molecule has 1 aromatic carbocycles. The normalized spacial score (nSPS) is 8.65. The number of hydrogen-bond acceptors (Lipinski definition) is 3. The van der Waals surface area contributed by atoms with E-state index in [0.29, 0.717) is 0 Å². The van der Waals surface area contributed by atoms with Crippen LogP contribution in [-0.2, 0) is 27.0 Å². The molecule has 0 bridgehead atoms. The molecular weight excluding hydrogens is 377 g/mol. The van der Waals surface area contributed by atoms with Crippen molar-refractivity contribution in [3.05, 3.63) is 97.1 Å². The molecule has 0 spiro atoms. The molecule has 0 atom stereocenters. The Hall–Kier alpha value is -1.86. The van der Waals surface area contributed by atoms with Gasteiger partial charge in [0.2, 0.25) is 0 Å². The van der Waals surface area contributed by atoms with E-state index in [1.807, 2.05) is 54.6 Å². The predicted octanol–water partition coefficient (Wildman–Crippen LogP) is 3.71.